The van der Waals surface area contributed by atoms with Gasteiger partial charge < -0.3 is 4.74 Å². The third-order valence-electron chi connectivity index (χ3n) is 5.20. The Bertz CT molecular complexity index is 959. The predicted octanol–water partition coefficient (Wildman–Crippen LogP) is 4.13. The van der Waals surface area contributed by atoms with Crippen molar-refractivity contribution >= 4 is 0 Å². The lowest BCUT2D eigenvalue weighted by Crippen LogP contribution is -2.25. The zero-order chi connectivity index (χ0) is 16.9. The van der Waals surface area contributed by atoms with E-state index in [1.807, 2.05) is 48.5 Å². The maximum absolute atomic E-state index is 12.0. The highest BCUT2D eigenvalue weighted by Gasteiger charge is 2.56. The fourth-order valence-electron chi connectivity index (χ4n) is 4.05. The van der Waals surface area contributed by atoms with Gasteiger partial charge in [-0.05, 0) is 46.5 Å². The Hall–Kier alpha value is -2.97. The molecule has 2 unspecified atom stereocenters. The largest absolute Gasteiger partial charge is 0.341 e. The minimum Gasteiger partial charge on any atom is -0.341 e. The van der Waals surface area contributed by atoms with E-state index in [9.17, 15) is 4.79 Å². The Balaban J connectivity index is 1.85. The second kappa shape index (κ2) is 5.01. The molecule has 0 saturated carbocycles. The first-order chi connectivity index (χ1) is 12.2. The highest BCUT2D eigenvalue weighted by Crippen LogP contribution is 2.58. The number of benzene rings is 2. The molecule has 2 heteroatoms. The zero-order valence-corrected chi connectivity index (χ0v) is 13.6. The van der Waals surface area contributed by atoms with Gasteiger partial charge in [-0.15, -0.1) is 0 Å². The lowest BCUT2D eigenvalue weighted by atomic mass is 9.77. The second-order valence-corrected chi connectivity index (χ2v) is 6.54. The Morgan fingerprint density at radius 3 is 1.44 bits per heavy atom. The van der Waals surface area contributed by atoms with Crippen molar-refractivity contribution in [2.75, 3.05) is 0 Å². The number of rotatable bonds is 2. The van der Waals surface area contributed by atoms with Crippen LogP contribution in [0.4, 0.5) is 0 Å². The third-order valence-corrected chi connectivity index (χ3v) is 5.20. The van der Waals surface area contributed by atoms with Crippen LogP contribution in [0.15, 0.2) is 102 Å². The summed E-state index contributed by atoms with van der Waals surface area (Å²) in [6.45, 7) is 0. The lowest BCUT2D eigenvalue weighted by Gasteiger charge is -2.27. The van der Waals surface area contributed by atoms with Crippen molar-refractivity contribution in [1.82, 2.24) is 0 Å². The van der Waals surface area contributed by atoms with Crippen molar-refractivity contribution in [2.24, 2.45) is 0 Å². The molecule has 5 rings (SSSR count). The quantitative estimate of drug-likeness (QED) is 0.663. The van der Waals surface area contributed by atoms with Gasteiger partial charge in [0.15, 0.2) is 5.43 Å². The lowest BCUT2D eigenvalue weighted by molar-refractivity contribution is -0.0238. The van der Waals surface area contributed by atoms with Crippen molar-refractivity contribution in [3.8, 4) is 0 Å². The van der Waals surface area contributed by atoms with E-state index in [1.165, 1.54) is 0 Å². The molecule has 0 radical (unpaired) electrons. The van der Waals surface area contributed by atoms with Gasteiger partial charge in [0.2, 0.25) is 0 Å². The van der Waals surface area contributed by atoms with Crippen LogP contribution in [-0.4, -0.2) is 0 Å². The second-order valence-electron chi connectivity index (χ2n) is 6.54. The summed E-state index contributed by atoms with van der Waals surface area (Å²) in [5.74, 6) is 0. The van der Waals surface area contributed by atoms with Crippen LogP contribution < -0.4 is 5.43 Å². The molecule has 25 heavy (non-hydrogen) atoms. The number of hydrogen-bond acceptors (Lipinski definition) is 2. The van der Waals surface area contributed by atoms with Crippen molar-refractivity contribution in [3.05, 3.63) is 130 Å². The first kappa shape index (κ1) is 14.4. The Labute approximate surface area is 146 Å². The molecule has 0 aromatic heterocycles. The summed E-state index contributed by atoms with van der Waals surface area (Å²) in [4.78, 5) is 12.0. The molecule has 2 atom stereocenters. The van der Waals surface area contributed by atoms with Gasteiger partial charge in [0.25, 0.3) is 0 Å². The summed E-state index contributed by atoms with van der Waals surface area (Å²) in [5, 5.41) is 0. The number of fused-ring (bicyclic) bond motifs is 5. The minimum atomic E-state index is -0.655. The molecular formula is C23H16O2. The third kappa shape index (κ3) is 1.86. The number of ether oxygens (including phenoxy) is 1. The van der Waals surface area contributed by atoms with E-state index in [1.54, 1.807) is 12.1 Å². The highest BCUT2D eigenvalue weighted by molar-refractivity contribution is 5.61. The zero-order valence-electron chi connectivity index (χ0n) is 13.6. The molecule has 2 heterocycles. The van der Waals surface area contributed by atoms with Gasteiger partial charge in [-0.2, -0.15) is 0 Å². The van der Waals surface area contributed by atoms with Gasteiger partial charge in [0.1, 0.15) is 11.2 Å². The summed E-state index contributed by atoms with van der Waals surface area (Å²) in [5.41, 5.74) is 2.90. The van der Waals surface area contributed by atoms with E-state index < -0.39 is 11.2 Å². The van der Waals surface area contributed by atoms with E-state index in [0.717, 1.165) is 22.3 Å². The minimum absolute atomic E-state index is 0.000207. The van der Waals surface area contributed by atoms with Gasteiger partial charge >= 0.3 is 0 Å². The molecule has 2 nitrogen and oxygen atoms in total. The summed E-state index contributed by atoms with van der Waals surface area (Å²) >= 11 is 0. The molecule has 2 bridgehead atoms. The molecule has 0 N–H and O–H groups in total. The average molecular weight is 324 g/mol. The Kier molecular flexibility index (Phi) is 2.88. The van der Waals surface area contributed by atoms with Crippen molar-refractivity contribution in [3.63, 3.8) is 0 Å². The van der Waals surface area contributed by atoms with Crippen LogP contribution in [0.1, 0.15) is 22.3 Å². The van der Waals surface area contributed by atoms with Crippen LogP contribution in [0.25, 0.3) is 0 Å². The Morgan fingerprint density at radius 1 is 0.560 bits per heavy atom. The summed E-state index contributed by atoms with van der Waals surface area (Å²) in [6, 6.07) is 27.5. The average Bonchev–Trinajstić information content (AvgIpc) is 3.12. The van der Waals surface area contributed by atoms with Crippen molar-refractivity contribution in [1.29, 1.82) is 0 Å². The van der Waals surface area contributed by atoms with Crippen LogP contribution in [0.5, 0.6) is 0 Å². The van der Waals surface area contributed by atoms with Crippen LogP contribution >= 0.6 is 0 Å². The first-order valence-corrected chi connectivity index (χ1v) is 8.42. The van der Waals surface area contributed by atoms with E-state index in [2.05, 4.69) is 36.4 Å². The fraction of sp³-hybridized carbons (Fsp3) is 0.0870. The van der Waals surface area contributed by atoms with E-state index in [4.69, 9.17) is 4.74 Å². The molecule has 0 saturated heterocycles. The van der Waals surface area contributed by atoms with E-state index >= 15 is 0 Å². The van der Waals surface area contributed by atoms with Gasteiger partial charge in [-0.1, -0.05) is 72.8 Å². The molecule has 2 aliphatic heterocycles. The van der Waals surface area contributed by atoms with E-state index in [0.29, 0.717) is 0 Å². The van der Waals surface area contributed by atoms with Crippen LogP contribution in [-0.2, 0) is 15.9 Å². The topological polar surface area (TPSA) is 26.3 Å². The molecule has 120 valence electrons. The number of hydrogen-bond donors (Lipinski definition) is 0. The molecular weight excluding hydrogens is 308 g/mol. The highest BCUT2D eigenvalue weighted by atomic mass is 16.5. The maximum Gasteiger partial charge on any atom is 0.178 e. The predicted molar refractivity (Wildman–Crippen MR) is 97.4 cm³/mol. The van der Waals surface area contributed by atoms with Gasteiger partial charge in [-0.25, -0.2) is 0 Å². The Morgan fingerprint density at radius 2 is 1.00 bits per heavy atom. The normalized spacial score (nSPS) is 25.8. The summed E-state index contributed by atoms with van der Waals surface area (Å²) in [7, 11) is 0. The molecule has 0 amide bonds. The van der Waals surface area contributed by atoms with E-state index in [-0.39, 0.29) is 5.43 Å². The smallest absolute Gasteiger partial charge is 0.178 e. The first-order valence-electron chi connectivity index (χ1n) is 8.42. The summed E-state index contributed by atoms with van der Waals surface area (Å²) in [6.07, 6.45) is 4.25. The van der Waals surface area contributed by atoms with Crippen LogP contribution in [0, 0.1) is 0 Å². The molecule has 3 aromatic rings. The van der Waals surface area contributed by atoms with Crippen molar-refractivity contribution < 1.29 is 4.74 Å². The fourth-order valence-corrected chi connectivity index (χ4v) is 4.05. The van der Waals surface area contributed by atoms with Crippen LogP contribution in [0.3, 0.4) is 0 Å². The van der Waals surface area contributed by atoms with Crippen LogP contribution in [0.2, 0.25) is 0 Å². The molecule has 3 aromatic carbocycles. The van der Waals surface area contributed by atoms with Gasteiger partial charge in [-0.3, -0.25) is 4.79 Å². The molecule has 2 aliphatic rings. The summed E-state index contributed by atoms with van der Waals surface area (Å²) < 4.78 is 6.76. The molecule has 0 fully saturated rings. The van der Waals surface area contributed by atoms with Gasteiger partial charge in [0, 0.05) is 0 Å². The van der Waals surface area contributed by atoms with Gasteiger partial charge in [0.05, 0.1) is 0 Å². The molecule has 0 aliphatic carbocycles. The standard InChI is InChI=1S/C23H16O2/c24-19-11-13-20-21(14-12-19)23(18-9-5-2-6-10-18)16-15-22(20,25-23)17-7-3-1-4-8-17/h1-16H. The SMILES string of the molecule is O=c1ccc2c(cc1)C1(c3ccccc3)C=CC2(c2ccccc2)O1. The molecule has 0 spiro atoms. The monoisotopic (exact) mass is 324 g/mol. The van der Waals surface area contributed by atoms with Crippen molar-refractivity contribution in [2.45, 2.75) is 11.2 Å². The maximum atomic E-state index is 12.0.